The fourth-order valence-electron chi connectivity index (χ4n) is 10.0. The van der Waals surface area contributed by atoms with Gasteiger partial charge in [0.05, 0.1) is 1.37 Å². The summed E-state index contributed by atoms with van der Waals surface area (Å²) in [6.45, 7) is 0. The predicted octanol–water partition coefficient (Wildman–Crippen LogP) is 20.6. The minimum Gasteiger partial charge on any atom is -0.311 e. The average Bonchev–Trinajstić information content (AvgIpc) is 3.52. The Hall–Kier alpha value is -10.2. The summed E-state index contributed by atoms with van der Waals surface area (Å²) in [7, 11) is 0. The van der Waals surface area contributed by atoms with Crippen molar-refractivity contribution >= 4 is 68.2 Å². The molecule has 76 heavy (non-hydrogen) atoms. The zero-order valence-electron chi connectivity index (χ0n) is 42.9. The second-order valence-corrected chi connectivity index (χ2v) is 18.6. The molecule has 362 valence electrons. The van der Waals surface area contributed by atoms with Gasteiger partial charge in [-0.05, 0) is 179 Å². The van der Waals surface area contributed by atoms with Gasteiger partial charge < -0.3 is 19.6 Å². The Bertz CT molecular complexity index is 3540. The Balaban J connectivity index is 0.850. The first kappa shape index (κ1) is 45.7. The summed E-state index contributed by atoms with van der Waals surface area (Å²) in [4.78, 5) is 9.14. The lowest BCUT2D eigenvalue weighted by Crippen LogP contribution is -2.10. The molecule has 0 saturated heterocycles. The number of para-hydroxylation sites is 6. The average molecular weight is 977 g/mol. The monoisotopic (exact) mass is 976 g/mol. The summed E-state index contributed by atoms with van der Waals surface area (Å²) >= 11 is 0. The summed E-state index contributed by atoms with van der Waals surface area (Å²) < 4.78 is 8.08. The van der Waals surface area contributed by atoms with E-state index < -0.39 is 0 Å². The highest BCUT2D eigenvalue weighted by molar-refractivity contribution is 5.85. The van der Waals surface area contributed by atoms with Crippen LogP contribution in [0.4, 0.5) is 68.2 Å². The Morgan fingerprint density at radius 2 is 0.276 bits per heavy atom. The molecule has 12 aromatic rings. The molecule has 12 aromatic carbocycles. The van der Waals surface area contributed by atoms with Crippen molar-refractivity contribution in [3.8, 4) is 33.4 Å². The topological polar surface area (TPSA) is 13.0 Å². The Morgan fingerprint density at radius 1 is 0.145 bits per heavy atom. The molecule has 4 nitrogen and oxygen atoms in total. The second-order valence-electron chi connectivity index (χ2n) is 18.6. The molecule has 4 heteroatoms. The minimum absolute atomic E-state index is 0.488. The third kappa shape index (κ3) is 10.1. The zero-order valence-corrected chi connectivity index (χ0v) is 41.9. The molecule has 0 fully saturated rings. The van der Waals surface area contributed by atoms with Gasteiger partial charge in [0.1, 0.15) is 0 Å². The number of hydrogen-bond acceptors (Lipinski definition) is 4. The number of rotatable bonds is 15. The van der Waals surface area contributed by atoms with Gasteiger partial charge in [-0.3, -0.25) is 0 Å². The molecule has 0 aliphatic heterocycles. The van der Waals surface area contributed by atoms with Crippen LogP contribution in [0.25, 0.3) is 33.4 Å². The van der Waals surface area contributed by atoms with Crippen LogP contribution >= 0.6 is 0 Å². The van der Waals surface area contributed by atoms with Crippen LogP contribution in [-0.2, 0) is 0 Å². The quantitative estimate of drug-likeness (QED) is 0.101. The summed E-state index contributed by atoms with van der Waals surface area (Å²) in [5.41, 5.74) is 19.7. The smallest absolute Gasteiger partial charge is 0.0623 e. The van der Waals surface area contributed by atoms with Crippen LogP contribution in [0.2, 0.25) is 0 Å². The lowest BCUT2D eigenvalue weighted by atomic mass is 10.0. The van der Waals surface area contributed by atoms with Gasteiger partial charge in [-0.25, -0.2) is 0 Å². The van der Waals surface area contributed by atoms with Crippen LogP contribution < -0.4 is 19.6 Å². The molecular weight excluding hydrogens is 921 g/mol. The predicted molar refractivity (Wildman–Crippen MR) is 321 cm³/mol. The van der Waals surface area contributed by atoms with Crippen molar-refractivity contribution in [3.63, 3.8) is 0 Å². The first-order chi connectivity index (χ1) is 38.1. The van der Waals surface area contributed by atoms with Gasteiger partial charge in [0, 0.05) is 68.2 Å². The summed E-state index contributed by atoms with van der Waals surface area (Å²) in [5.74, 6) is 0. The Kier molecular flexibility index (Phi) is 13.2. The van der Waals surface area contributed by atoms with Crippen molar-refractivity contribution in [1.29, 1.82) is 0 Å². The van der Waals surface area contributed by atoms with Crippen molar-refractivity contribution in [2.45, 2.75) is 0 Å². The van der Waals surface area contributed by atoms with Crippen molar-refractivity contribution in [3.05, 3.63) is 328 Å². The lowest BCUT2D eigenvalue weighted by Gasteiger charge is -2.27. The molecule has 0 aromatic heterocycles. The van der Waals surface area contributed by atoms with Crippen LogP contribution in [-0.4, -0.2) is 0 Å². The zero-order chi connectivity index (χ0) is 51.8. The molecule has 0 spiro atoms. The maximum absolute atomic E-state index is 8.08. The van der Waals surface area contributed by atoms with Crippen molar-refractivity contribution in [2.24, 2.45) is 0 Å². The van der Waals surface area contributed by atoms with Crippen LogP contribution in [0.1, 0.15) is 1.37 Å². The molecule has 0 heterocycles. The highest BCUT2D eigenvalue weighted by Gasteiger charge is 2.18. The van der Waals surface area contributed by atoms with Gasteiger partial charge in [0.2, 0.25) is 0 Å². The van der Waals surface area contributed by atoms with E-state index >= 15 is 0 Å². The highest BCUT2D eigenvalue weighted by atomic mass is 15.2. The van der Waals surface area contributed by atoms with Crippen molar-refractivity contribution in [1.82, 2.24) is 0 Å². The summed E-state index contributed by atoms with van der Waals surface area (Å²) in [5, 5.41) is 0. The number of anilines is 12. The van der Waals surface area contributed by atoms with E-state index in [0.29, 0.717) is 6.04 Å². The maximum Gasteiger partial charge on any atom is 0.0623 e. The van der Waals surface area contributed by atoms with E-state index in [9.17, 15) is 0 Å². The molecule has 0 N–H and O–H groups in total. The normalized spacial score (nSPS) is 11.1. The largest absolute Gasteiger partial charge is 0.311 e. The van der Waals surface area contributed by atoms with Gasteiger partial charge in [-0.15, -0.1) is 0 Å². The van der Waals surface area contributed by atoms with E-state index in [-0.39, 0.29) is 0 Å². The van der Waals surface area contributed by atoms with Gasteiger partial charge in [-0.1, -0.05) is 182 Å². The van der Waals surface area contributed by atoms with E-state index in [1.165, 1.54) is 0 Å². The van der Waals surface area contributed by atoms with Gasteiger partial charge >= 0.3 is 0 Å². The number of nitrogens with zero attached hydrogens (tertiary/aromatic N) is 4. The van der Waals surface area contributed by atoms with Crippen molar-refractivity contribution in [2.75, 3.05) is 19.6 Å². The third-order valence-electron chi connectivity index (χ3n) is 13.8. The molecule has 0 bridgehead atoms. The third-order valence-corrected chi connectivity index (χ3v) is 13.8. The number of benzene rings is 12. The Morgan fingerprint density at radius 3 is 0.434 bits per heavy atom. The van der Waals surface area contributed by atoms with E-state index in [2.05, 4.69) is 311 Å². The molecule has 12 rings (SSSR count). The molecular formula is C72H54N4. The fraction of sp³-hybridized carbons (Fsp3) is 0. The van der Waals surface area contributed by atoms with Crippen LogP contribution in [0, 0.1) is 0 Å². The van der Waals surface area contributed by atoms with Crippen molar-refractivity contribution < 1.29 is 1.37 Å². The first-order valence-corrected chi connectivity index (χ1v) is 25.7. The fourth-order valence-corrected chi connectivity index (χ4v) is 10.0. The van der Waals surface area contributed by atoms with E-state index in [1.807, 2.05) is 30.3 Å². The molecule has 0 aliphatic carbocycles. The minimum atomic E-state index is 0.488. The molecule has 0 unspecified atom stereocenters. The first-order valence-electron chi connectivity index (χ1n) is 26.2. The molecule has 0 atom stereocenters. The van der Waals surface area contributed by atoms with E-state index in [0.717, 1.165) is 102 Å². The van der Waals surface area contributed by atoms with Gasteiger partial charge in [0.15, 0.2) is 0 Å². The summed E-state index contributed by atoms with van der Waals surface area (Å²) in [6.07, 6.45) is 0. The van der Waals surface area contributed by atoms with E-state index in [4.69, 9.17) is 1.37 Å². The molecule has 0 amide bonds. The van der Waals surface area contributed by atoms with Gasteiger partial charge in [-0.2, -0.15) is 0 Å². The van der Waals surface area contributed by atoms with Crippen LogP contribution in [0.3, 0.4) is 0 Å². The van der Waals surface area contributed by atoms with Crippen LogP contribution in [0.5, 0.6) is 0 Å². The van der Waals surface area contributed by atoms with E-state index in [1.54, 1.807) is 0 Å². The lowest BCUT2D eigenvalue weighted by molar-refractivity contribution is 1.28. The van der Waals surface area contributed by atoms with Crippen LogP contribution in [0.15, 0.2) is 328 Å². The Labute approximate surface area is 448 Å². The standard InChI is InChI=1S/C72H54N4/c1-7-19-61(20-8-1)73(62-21-9-2-10-22-62)67-43-31-55(32-44-67)58-37-49-70(50-38-58)76(71-51-39-59(40-52-71)56-33-45-68(46-34-56)74(63-23-11-3-12-24-63)64-25-13-4-14-26-64)72-53-41-60(42-54-72)57-35-47-69(48-36-57)75(65-27-15-5-16-28-65)66-29-17-6-18-30-66/h1-54H/i1T. The molecule has 0 saturated carbocycles. The highest BCUT2D eigenvalue weighted by Crippen LogP contribution is 2.42. The molecule has 0 radical (unpaired) electrons. The summed E-state index contributed by atoms with van der Waals surface area (Å²) in [6, 6.07) is 114. The SMILES string of the molecule is [3H]c1ccc(N(c2ccccc2)c2ccc(-c3ccc(N(c4ccc(-c5ccc(N(c6ccccc6)c6ccccc6)cc5)cc4)c4ccc(-c5ccc(N(c6ccccc6)c6ccccc6)cc5)cc4)cc3)cc2)cc1. The number of hydrogen-bond donors (Lipinski definition) is 0. The molecule has 0 aliphatic rings. The maximum atomic E-state index is 8.08. The second kappa shape index (κ2) is 21.9. The van der Waals surface area contributed by atoms with Gasteiger partial charge in [0.25, 0.3) is 0 Å².